The van der Waals surface area contributed by atoms with Gasteiger partial charge in [-0.15, -0.1) is 0 Å². The number of halogens is 1. The van der Waals surface area contributed by atoms with Crippen molar-refractivity contribution >= 4 is 17.5 Å². The van der Waals surface area contributed by atoms with Crippen molar-refractivity contribution in [2.45, 2.75) is 13.3 Å². The highest BCUT2D eigenvalue weighted by Gasteiger charge is 2.11. The maximum absolute atomic E-state index is 12.9. The van der Waals surface area contributed by atoms with E-state index < -0.39 is 5.91 Å². The minimum Gasteiger partial charge on any atom is -0.370 e. The molecule has 3 rings (SSSR count). The van der Waals surface area contributed by atoms with Crippen molar-refractivity contribution in [3.05, 3.63) is 65.6 Å². The van der Waals surface area contributed by atoms with Crippen LogP contribution in [0, 0.1) is 12.7 Å². The van der Waals surface area contributed by atoms with Crippen LogP contribution in [0.15, 0.2) is 47.2 Å². The van der Waals surface area contributed by atoms with Crippen LogP contribution in [0.2, 0.25) is 0 Å². The lowest BCUT2D eigenvalue weighted by atomic mass is 10.1. The molecule has 7 nitrogen and oxygen atoms in total. The molecule has 0 saturated heterocycles. The number of hydrogen-bond donors (Lipinski definition) is 2. The van der Waals surface area contributed by atoms with Crippen LogP contribution in [0.5, 0.6) is 0 Å². The number of carbonyl (C=O) groups excluding carboxylic acids is 1. The fourth-order valence-electron chi connectivity index (χ4n) is 2.17. The second-order valence-electron chi connectivity index (χ2n) is 5.37. The van der Waals surface area contributed by atoms with Gasteiger partial charge in [0.25, 0.3) is 5.91 Å². The van der Waals surface area contributed by atoms with Crippen LogP contribution in [-0.4, -0.2) is 27.6 Å². The summed E-state index contributed by atoms with van der Waals surface area (Å²) in [5, 5.41) is 9.41. The van der Waals surface area contributed by atoms with E-state index in [0.717, 1.165) is 5.56 Å². The molecule has 0 saturated carbocycles. The maximum Gasteiger partial charge on any atom is 0.275 e. The molecule has 0 aliphatic carbocycles. The van der Waals surface area contributed by atoms with Crippen molar-refractivity contribution in [3.8, 4) is 0 Å². The SMILES string of the molecule is Cc1cc(NC(=O)c2cc(NCCc3ccc(F)cc3)ncn2)no1. The molecular formula is C17H16FN5O2. The monoisotopic (exact) mass is 341 g/mol. The van der Waals surface area contributed by atoms with Crippen LogP contribution in [0.3, 0.4) is 0 Å². The number of aryl methyl sites for hydroxylation is 1. The molecule has 2 N–H and O–H groups in total. The molecule has 0 bridgehead atoms. The Labute approximate surface area is 143 Å². The number of anilines is 2. The summed E-state index contributed by atoms with van der Waals surface area (Å²) in [6.45, 7) is 2.32. The molecule has 2 aromatic heterocycles. The van der Waals surface area contributed by atoms with Gasteiger partial charge in [-0.1, -0.05) is 17.3 Å². The third kappa shape index (κ3) is 4.60. The van der Waals surface area contributed by atoms with Crippen LogP contribution in [0.25, 0.3) is 0 Å². The van der Waals surface area contributed by atoms with E-state index in [2.05, 4.69) is 25.8 Å². The van der Waals surface area contributed by atoms with Gasteiger partial charge in [0.2, 0.25) is 0 Å². The zero-order chi connectivity index (χ0) is 17.6. The predicted octanol–water partition coefficient (Wildman–Crippen LogP) is 2.82. The van der Waals surface area contributed by atoms with Gasteiger partial charge in [-0.3, -0.25) is 4.79 Å². The second kappa shape index (κ2) is 7.52. The number of aromatic nitrogens is 3. The van der Waals surface area contributed by atoms with E-state index in [0.29, 0.717) is 30.4 Å². The standard InChI is InChI=1S/C17H16FN5O2/c1-11-8-16(23-25-11)22-17(24)14-9-15(21-10-20-14)19-7-6-12-2-4-13(18)5-3-12/h2-5,8-10H,6-7H2,1H3,(H,19,20,21)(H,22,23,24). The fraction of sp³-hybridized carbons (Fsp3) is 0.176. The summed E-state index contributed by atoms with van der Waals surface area (Å²) in [5.41, 5.74) is 1.21. The Bertz CT molecular complexity index is 863. The highest BCUT2D eigenvalue weighted by atomic mass is 19.1. The quantitative estimate of drug-likeness (QED) is 0.716. The molecule has 0 atom stereocenters. The summed E-state index contributed by atoms with van der Waals surface area (Å²) in [7, 11) is 0. The van der Waals surface area contributed by atoms with E-state index in [9.17, 15) is 9.18 Å². The molecule has 0 unspecified atom stereocenters. The smallest absolute Gasteiger partial charge is 0.275 e. The predicted molar refractivity (Wildman–Crippen MR) is 89.8 cm³/mol. The average Bonchev–Trinajstić information content (AvgIpc) is 3.02. The molecule has 1 aromatic carbocycles. The average molecular weight is 341 g/mol. The van der Waals surface area contributed by atoms with E-state index in [-0.39, 0.29) is 11.5 Å². The first-order valence-corrected chi connectivity index (χ1v) is 7.65. The van der Waals surface area contributed by atoms with E-state index >= 15 is 0 Å². The van der Waals surface area contributed by atoms with Crippen LogP contribution < -0.4 is 10.6 Å². The lowest BCUT2D eigenvalue weighted by Crippen LogP contribution is -2.15. The molecule has 0 aliphatic heterocycles. The Balaban J connectivity index is 1.57. The number of carbonyl (C=O) groups is 1. The Morgan fingerprint density at radius 1 is 1.16 bits per heavy atom. The molecule has 3 aromatic rings. The Kier molecular flexibility index (Phi) is 4.98. The number of nitrogens with one attached hydrogen (secondary N) is 2. The topological polar surface area (TPSA) is 92.9 Å². The maximum atomic E-state index is 12.9. The number of nitrogens with zero attached hydrogens (tertiary/aromatic N) is 3. The third-order valence-corrected chi connectivity index (χ3v) is 3.40. The van der Waals surface area contributed by atoms with Crippen molar-refractivity contribution < 1.29 is 13.7 Å². The molecule has 8 heteroatoms. The first-order valence-electron chi connectivity index (χ1n) is 7.65. The van der Waals surface area contributed by atoms with Crippen LogP contribution in [0.1, 0.15) is 21.8 Å². The van der Waals surface area contributed by atoms with Gasteiger partial charge in [0.05, 0.1) is 0 Å². The van der Waals surface area contributed by atoms with E-state index in [1.807, 2.05) is 0 Å². The van der Waals surface area contributed by atoms with Gasteiger partial charge < -0.3 is 15.2 Å². The Morgan fingerprint density at radius 2 is 1.96 bits per heavy atom. The molecule has 1 amide bonds. The Hall–Kier alpha value is -3.29. The molecule has 0 spiro atoms. The largest absolute Gasteiger partial charge is 0.370 e. The Morgan fingerprint density at radius 3 is 2.68 bits per heavy atom. The summed E-state index contributed by atoms with van der Waals surface area (Å²) in [6, 6.07) is 9.47. The van der Waals surface area contributed by atoms with Crippen molar-refractivity contribution in [2.24, 2.45) is 0 Å². The van der Waals surface area contributed by atoms with Crippen molar-refractivity contribution in [1.29, 1.82) is 0 Å². The van der Waals surface area contributed by atoms with E-state index in [4.69, 9.17) is 4.52 Å². The number of hydrogen-bond acceptors (Lipinski definition) is 6. The van der Waals surface area contributed by atoms with E-state index in [1.165, 1.54) is 18.5 Å². The lowest BCUT2D eigenvalue weighted by molar-refractivity contribution is 0.102. The van der Waals surface area contributed by atoms with Gasteiger partial charge in [-0.25, -0.2) is 14.4 Å². The summed E-state index contributed by atoms with van der Waals surface area (Å²) in [6.07, 6.45) is 2.01. The molecule has 0 aliphatic rings. The van der Waals surface area contributed by atoms with Crippen LogP contribution in [0.4, 0.5) is 16.0 Å². The van der Waals surface area contributed by atoms with Crippen molar-refractivity contribution in [2.75, 3.05) is 17.2 Å². The summed E-state index contributed by atoms with van der Waals surface area (Å²) >= 11 is 0. The number of rotatable bonds is 6. The highest BCUT2D eigenvalue weighted by molar-refractivity contribution is 6.02. The van der Waals surface area contributed by atoms with E-state index in [1.54, 1.807) is 31.2 Å². The second-order valence-corrected chi connectivity index (χ2v) is 5.37. The van der Waals surface area contributed by atoms with Gasteiger partial charge >= 0.3 is 0 Å². The molecule has 0 fully saturated rings. The number of amides is 1. The summed E-state index contributed by atoms with van der Waals surface area (Å²) in [5.74, 6) is 0.786. The van der Waals surface area contributed by atoms with Gasteiger partial charge in [0.1, 0.15) is 29.4 Å². The summed E-state index contributed by atoms with van der Waals surface area (Å²) < 4.78 is 17.8. The minimum atomic E-state index is -0.405. The fourth-order valence-corrected chi connectivity index (χ4v) is 2.17. The molecular weight excluding hydrogens is 325 g/mol. The normalized spacial score (nSPS) is 10.5. The van der Waals surface area contributed by atoms with Gasteiger partial charge in [0.15, 0.2) is 5.82 Å². The van der Waals surface area contributed by atoms with Crippen LogP contribution in [-0.2, 0) is 6.42 Å². The number of benzene rings is 1. The zero-order valence-electron chi connectivity index (χ0n) is 13.5. The molecule has 2 heterocycles. The highest BCUT2D eigenvalue weighted by Crippen LogP contribution is 2.10. The first-order chi connectivity index (χ1) is 12.1. The third-order valence-electron chi connectivity index (χ3n) is 3.40. The van der Waals surface area contributed by atoms with Gasteiger partial charge in [-0.2, -0.15) is 0 Å². The molecule has 25 heavy (non-hydrogen) atoms. The molecule has 0 radical (unpaired) electrons. The van der Waals surface area contributed by atoms with Gasteiger partial charge in [-0.05, 0) is 31.0 Å². The lowest BCUT2D eigenvalue weighted by Gasteiger charge is -2.07. The minimum absolute atomic E-state index is 0.208. The van der Waals surface area contributed by atoms with Gasteiger partial charge in [0, 0.05) is 18.7 Å². The first kappa shape index (κ1) is 16.6. The van der Waals surface area contributed by atoms with Crippen LogP contribution >= 0.6 is 0 Å². The van der Waals surface area contributed by atoms with Crippen molar-refractivity contribution in [1.82, 2.24) is 15.1 Å². The summed E-state index contributed by atoms with van der Waals surface area (Å²) in [4.78, 5) is 20.2. The zero-order valence-corrected chi connectivity index (χ0v) is 13.5. The molecule has 128 valence electrons. The van der Waals surface area contributed by atoms with Crippen molar-refractivity contribution in [3.63, 3.8) is 0 Å².